The first-order valence-electron chi connectivity index (χ1n) is 5.07. The minimum atomic E-state index is 0.264. The van der Waals surface area contributed by atoms with Crippen molar-refractivity contribution < 1.29 is 5.11 Å². The molecule has 3 heteroatoms. The number of phenols is 1. The maximum absolute atomic E-state index is 9.24. The molecule has 0 atom stereocenters. The lowest BCUT2D eigenvalue weighted by Crippen LogP contribution is -1.94. The highest BCUT2D eigenvalue weighted by atomic mass is 16.3. The fraction of sp³-hybridized carbons (Fsp3) is 0. The van der Waals surface area contributed by atoms with E-state index < -0.39 is 0 Å². The van der Waals surface area contributed by atoms with Gasteiger partial charge in [0.2, 0.25) is 0 Å². The summed E-state index contributed by atoms with van der Waals surface area (Å²) in [5.41, 5.74) is 2.01. The SMILES string of the molecule is Oc1ccc(-n2ncc3ccccc32)cc1. The van der Waals surface area contributed by atoms with Crippen LogP contribution in [0.2, 0.25) is 0 Å². The molecule has 1 heterocycles. The molecule has 0 amide bonds. The molecule has 0 radical (unpaired) electrons. The van der Waals surface area contributed by atoms with E-state index in [9.17, 15) is 5.11 Å². The molecule has 3 nitrogen and oxygen atoms in total. The summed E-state index contributed by atoms with van der Waals surface area (Å²) < 4.78 is 1.86. The van der Waals surface area contributed by atoms with Crippen LogP contribution in [0, 0.1) is 0 Å². The summed E-state index contributed by atoms with van der Waals surface area (Å²) in [5.74, 6) is 0.264. The monoisotopic (exact) mass is 210 g/mol. The zero-order valence-electron chi connectivity index (χ0n) is 8.54. The third-order valence-corrected chi connectivity index (χ3v) is 2.57. The number of aromatic nitrogens is 2. The summed E-state index contributed by atoms with van der Waals surface area (Å²) >= 11 is 0. The van der Waals surface area contributed by atoms with Gasteiger partial charge in [-0.3, -0.25) is 0 Å². The zero-order valence-corrected chi connectivity index (χ0v) is 8.54. The van der Waals surface area contributed by atoms with Gasteiger partial charge in [-0.2, -0.15) is 5.10 Å². The van der Waals surface area contributed by atoms with Crippen LogP contribution in [0.25, 0.3) is 16.6 Å². The Hall–Kier alpha value is -2.29. The van der Waals surface area contributed by atoms with Gasteiger partial charge in [0.1, 0.15) is 5.75 Å². The number of rotatable bonds is 1. The third-order valence-electron chi connectivity index (χ3n) is 2.57. The summed E-state index contributed by atoms with van der Waals surface area (Å²) in [5, 5.41) is 14.7. The van der Waals surface area contributed by atoms with Gasteiger partial charge in [-0.1, -0.05) is 18.2 Å². The molecule has 0 fully saturated rings. The number of hydrogen-bond donors (Lipinski definition) is 1. The summed E-state index contributed by atoms with van der Waals surface area (Å²) in [4.78, 5) is 0. The van der Waals surface area contributed by atoms with Gasteiger partial charge in [0.05, 0.1) is 17.4 Å². The summed E-state index contributed by atoms with van der Waals surface area (Å²) in [6.07, 6.45) is 1.84. The van der Waals surface area contributed by atoms with Crippen LogP contribution in [0.15, 0.2) is 54.7 Å². The van der Waals surface area contributed by atoms with Crippen molar-refractivity contribution in [3.63, 3.8) is 0 Å². The maximum atomic E-state index is 9.24. The van der Waals surface area contributed by atoms with Crippen molar-refractivity contribution in [1.29, 1.82) is 0 Å². The van der Waals surface area contributed by atoms with E-state index >= 15 is 0 Å². The summed E-state index contributed by atoms with van der Waals surface area (Å²) in [7, 11) is 0. The smallest absolute Gasteiger partial charge is 0.115 e. The number of fused-ring (bicyclic) bond motifs is 1. The van der Waals surface area contributed by atoms with E-state index in [2.05, 4.69) is 5.10 Å². The molecular weight excluding hydrogens is 200 g/mol. The quantitative estimate of drug-likeness (QED) is 0.670. The maximum Gasteiger partial charge on any atom is 0.115 e. The third kappa shape index (κ3) is 1.34. The van der Waals surface area contributed by atoms with Gasteiger partial charge in [-0.05, 0) is 30.3 Å². The Morgan fingerprint density at radius 1 is 0.938 bits per heavy atom. The molecule has 2 aromatic carbocycles. The normalized spacial score (nSPS) is 10.8. The predicted octanol–water partition coefficient (Wildman–Crippen LogP) is 2.73. The van der Waals surface area contributed by atoms with Crippen LogP contribution in [-0.2, 0) is 0 Å². The van der Waals surface area contributed by atoms with E-state index in [0.717, 1.165) is 16.6 Å². The van der Waals surface area contributed by atoms with Crippen LogP contribution in [0.1, 0.15) is 0 Å². The van der Waals surface area contributed by atoms with Gasteiger partial charge in [0.25, 0.3) is 0 Å². The zero-order chi connectivity index (χ0) is 11.0. The summed E-state index contributed by atoms with van der Waals surface area (Å²) in [6.45, 7) is 0. The molecule has 0 aliphatic carbocycles. The lowest BCUT2D eigenvalue weighted by Gasteiger charge is -2.03. The van der Waals surface area contributed by atoms with Crippen LogP contribution < -0.4 is 0 Å². The minimum Gasteiger partial charge on any atom is -0.508 e. The Labute approximate surface area is 92.6 Å². The Morgan fingerprint density at radius 2 is 1.69 bits per heavy atom. The molecule has 0 aliphatic heterocycles. The van der Waals surface area contributed by atoms with E-state index in [1.807, 2.05) is 47.3 Å². The molecule has 0 bridgehead atoms. The van der Waals surface area contributed by atoms with Crippen molar-refractivity contribution in [1.82, 2.24) is 9.78 Å². The molecule has 0 saturated heterocycles. The van der Waals surface area contributed by atoms with E-state index in [0.29, 0.717) is 0 Å². The van der Waals surface area contributed by atoms with Crippen molar-refractivity contribution in [3.8, 4) is 11.4 Å². The predicted molar refractivity (Wildman–Crippen MR) is 62.7 cm³/mol. The second-order valence-electron chi connectivity index (χ2n) is 3.63. The molecule has 1 aromatic heterocycles. The number of hydrogen-bond acceptors (Lipinski definition) is 2. The van der Waals surface area contributed by atoms with Crippen molar-refractivity contribution in [2.45, 2.75) is 0 Å². The van der Waals surface area contributed by atoms with E-state index in [4.69, 9.17) is 0 Å². The molecule has 3 aromatic rings. The van der Waals surface area contributed by atoms with Gasteiger partial charge < -0.3 is 5.11 Å². The van der Waals surface area contributed by atoms with Crippen molar-refractivity contribution in [3.05, 3.63) is 54.7 Å². The van der Waals surface area contributed by atoms with E-state index in [-0.39, 0.29) is 5.75 Å². The highest BCUT2D eigenvalue weighted by Gasteiger charge is 2.03. The molecule has 78 valence electrons. The highest BCUT2D eigenvalue weighted by Crippen LogP contribution is 2.19. The van der Waals surface area contributed by atoms with Gasteiger partial charge in [0, 0.05) is 5.39 Å². The lowest BCUT2D eigenvalue weighted by molar-refractivity contribution is 0.475. The van der Waals surface area contributed by atoms with Gasteiger partial charge in [-0.25, -0.2) is 4.68 Å². The molecule has 1 N–H and O–H groups in total. The molecule has 0 saturated carbocycles. The summed E-state index contributed by atoms with van der Waals surface area (Å²) in [6, 6.07) is 15.0. The van der Waals surface area contributed by atoms with Crippen LogP contribution in [-0.4, -0.2) is 14.9 Å². The topological polar surface area (TPSA) is 38.0 Å². The Morgan fingerprint density at radius 3 is 2.50 bits per heavy atom. The van der Waals surface area contributed by atoms with Gasteiger partial charge in [-0.15, -0.1) is 0 Å². The van der Waals surface area contributed by atoms with Crippen molar-refractivity contribution in [2.24, 2.45) is 0 Å². The molecule has 0 unspecified atom stereocenters. The first-order chi connectivity index (χ1) is 7.84. The first kappa shape index (κ1) is 8.97. The average Bonchev–Trinajstić information content (AvgIpc) is 2.74. The Bertz CT molecular complexity index is 626. The van der Waals surface area contributed by atoms with Crippen molar-refractivity contribution in [2.75, 3.05) is 0 Å². The number of phenolic OH excluding ortho intramolecular Hbond substituents is 1. The molecule has 0 aliphatic rings. The van der Waals surface area contributed by atoms with Gasteiger partial charge >= 0.3 is 0 Å². The molecular formula is C13H10N2O. The van der Waals surface area contributed by atoms with Crippen LogP contribution in [0.3, 0.4) is 0 Å². The number of nitrogens with zero attached hydrogens (tertiary/aromatic N) is 2. The second kappa shape index (κ2) is 3.38. The standard InChI is InChI=1S/C13H10N2O/c16-12-7-5-11(6-8-12)15-13-4-2-1-3-10(13)9-14-15/h1-9,16H. The average molecular weight is 210 g/mol. The largest absolute Gasteiger partial charge is 0.508 e. The Balaban J connectivity index is 2.22. The van der Waals surface area contributed by atoms with Gasteiger partial charge in [0.15, 0.2) is 0 Å². The number of aromatic hydroxyl groups is 1. The minimum absolute atomic E-state index is 0.264. The number of para-hydroxylation sites is 1. The van der Waals surface area contributed by atoms with E-state index in [1.54, 1.807) is 12.1 Å². The molecule has 0 spiro atoms. The fourth-order valence-corrected chi connectivity index (χ4v) is 1.77. The van der Waals surface area contributed by atoms with E-state index in [1.165, 1.54) is 0 Å². The lowest BCUT2D eigenvalue weighted by atomic mass is 10.2. The molecule has 3 rings (SSSR count). The number of benzene rings is 2. The first-order valence-corrected chi connectivity index (χ1v) is 5.07. The van der Waals surface area contributed by atoms with Crippen LogP contribution in [0.5, 0.6) is 5.75 Å². The second-order valence-corrected chi connectivity index (χ2v) is 3.63. The van der Waals surface area contributed by atoms with Crippen molar-refractivity contribution >= 4 is 10.9 Å². The van der Waals surface area contributed by atoms with Crippen LogP contribution in [0.4, 0.5) is 0 Å². The highest BCUT2D eigenvalue weighted by molar-refractivity contribution is 5.80. The molecule has 16 heavy (non-hydrogen) atoms. The Kier molecular flexibility index (Phi) is 1.90. The fourth-order valence-electron chi connectivity index (χ4n) is 1.77. The van der Waals surface area contributed by atoms with Crippen LogP contribution >= 0.6 is 0 Å².